The molecule has 1 rings (SSSR count). The van der Waals surface area contributed by atoms with Gasteiger partial charge in [-0.2, -0.15) is 0 Å². The highest BCUT2D eigenvalue weighted by atomic mass is 32.1. The summed E-state index contributed by atoms with van der Waals surface area (Å²) in [5, 5.41) is 4.31. The van der Waals surface area contributed by atoms with Crippen LogP contribution in [0.3, 0.4) is 0 Å². The van der Waals surface area contributed by atoms with E-state index >= 15 is 0 Å². The maximum absolute atomic E-state index is 5.42. The Morgan fingerprint density at radius 1 is 1.47 bits per heavy atom. The van der Waals surface area contributed by atoms with Gasteiger partial charge in [0.05, 0.1) is 0 Å². The molecule has 15 heavy (non-hydrogen) atoms. The summed E-state index contributed by atoms with van der Waals surface area (Å²) in [6.45, 7) is 8.84. The van der Waals surface area contributed by atoms with Crippen molar-refractivity contribution in [1.82, 2.24) is 10.2 Å². The van der Waals surface area contributed by atoms with E-state index in [1.165, 1.54) is 19.3 Å². The van der Waals surface area contributed by atoms with Crippen molar-refractivity contribution in [1.29, 1.82) is 0 Å². The minimum absolute atomic E-state index is 0.737. The molecule has 88 valence electrons. The summed E-state index contributed by atoms with van der Waals surface area (Å²) in [5.74, 6) is 0.764. The summed E-state index contributed by atoms with van der Waals surface area (Å²) in [5.41, 5.74) is 0. The largest absolute Gasteiger partial charge is 0.363 e. The molecule has 0 spiro atoms. The van der Waals surface area contributed by atoms with Gasteiger partial charge in [-0.05, 0) is 43.8 Å². The molecule has 1 fully saturated rings. The highest BCUT2D eigenvalue weighted by Gasteiger charge is 2.30. The lowest BCUT2D eigenvalue weighted by Gasteiger charge is -2.26. The minimum atomic E-state index is 0.737. The first-order chi connectivity index (χ1) is 7.15. The molecule has 0 saturated heterocycles. The molecule has 0 aliphatic heterocycles. The maximum Gasteiger partial charge on any atom is 0.169 e. The van der Waals surface area contributed by atoms with Crippen molar-refractivity contribution in [3.63, 3.8) is 0 Å². The van der Waals surface area contributed by atoms with Gasteiger partial charge in [0.1, 0.15) is 0 Å². The summed E-state index contributed by atoms with van der Waals surface area (Å²) in [6.07, 6.45) is 5.03. The SMILES string of the molecule is CCCNC(=S)N(CCC(C)C)C1CC1. The number of rotatable bonds is 6. The monoisotopic (exact) mass is 228 g/mol. The third kappa shape index (κ3) is 4.83. The second-order valence-electron chi connectivity index (χ2n) is 4.84. The fraction of sp³-hybridized carbons (Fsp3) is 0.917. The van der Waals surface area contributed by atoms with Crippen molar-refractivity contribution in [3.8, 4) is 0 Å². The fourth-order valence-corrected chi connectivity index (χ4v) is 1.91. The van der Waals surface area contributed by atoms with Gasteiger partial charge < -0.3 is 10.2 Å². The molecular weight excluding hydrogens is 204 g/mol. The van der Waals surface area contributed by atoms with Crippen LogP contribution in [0.15, 0.2) is 0 Å². The molecule has 1 aliphatic carbocycles. The molecule has 0 bridgehead atoms. The lowest BCUT2D eigenvalue weighted by Crippen LogP contribution is -2.42. The number of thiocarbonyl (C=S) groups is 1. The second kappa shape index (κ2) is 6.31. The van der Waals surface area contributed by atoms with Crippen LogP contribution >= 0.6 is 12.2 Å². The van der Waals surface area contributed by atoms with Gasteiger partial charge in [0, 0.05) is 19.1 Å². The van der Waals surface area contributed by atoms with E-state index in [-0.39, 0.29) is 0 Å². The van der Waals surface area contributed by atoms with Gasteiger partial charge in [-0.15, -0.1) is 0 Å². The molecule has 2 nitrogen and oxygen atoms in total. The van der Waals surface area contributed by atoms with E-state index in [1.54, 1.807) is 0 Å². The van der Waals surface area contributed by atoms with Gasteiger partial charge in [-0.25, -0.2) is 0 Å². The van der Waals surface area contributed by atoms with Crippen molar-refractivity contribution in [2.75, 3.05) is 13.1 Å². The quantitative estimate of drug-likeness (QED) is 0.704. The summed E-state index contributed by atoms with van der Waals surface area (Å²) in [7, 11) is 0. The average molecular weight is 228 g/mol. The van der Waals surface area contributed by atoms with E-state index in [4.69, 9.17) is 12.2 Å². The highest BCUT2D eigenvalue weighted by molar-refractivity contribution is 7.80. The lowest BCUT2D eigenvalue weighted by atomic mass is 10.1. The highest BCUT2D eigenvalue weighted by Crippen LogP contribution is 2.27. The Kier molecular flexibility index (Phi) is 5.37. The number of hydrogen-bond donors (Lipinski definition) is 1. The summed E-state index contributed by atoms with van der Waals surface area (Å²) in [6, 6.07) is 0.737. The van der Waals surface area contributed by atoms with Crippen LogP contribution in [0.4, 0.5) is 0 Å². The van der Waals surface area contributed by atoms with E-state index < -0.39 is 0 Å². The smallest absolute Gasteiger partial charge is 0.169 e. The zero-order valence-electron chi connectivity index (χ0n) is 10.3. The van der Waals surface area contributed by atoms with Gasteiger partial charge in [-0.3, -0.25) is 0 Å². The second-order valence-corrected chi connectivity index (χ2v) is 5.23. The van der Waals surface area contributed by atoms with Crippen LogP contribution in [-0.4, -0.2) is 29.1 Å². The molecule has 0 amide bonds. The van der Waals surface area contributed by atoms with Gasteiger partial charge in [-0.1, -0.05) is 20.8 Å². The van der Waals surface area contributed by atoms with Crippen molar-refractivity contribution >= 4 is 17.3 Å². The Morgan fingerprint density at radius 2 is 2.13 bits per heavy atom. The zero-order valence-corrected chi connectivity index (χ0v) is 11.1. The van der Waals surface area contributed by atoms with Gasteiger partial charge in [0.25, 0.3) is 0 Å². The minimum Gasteiger partial charge on any atom is -0.363 e. The van der Waals surface area contributed by atoms with Crippen molar-refractivity contribution in [2.24, 2.45) is 5.92 Å². The molecule has 0 atom stereocenters. The summed E-state index contributed by atoms with van der Waals surface area (Å²) in [4.78, 5) is 2.39. The zero-order chi connectivity index (χ0) is 11.3. The van der Waals surface area contributed by atoms with Crippen LogP contribution in [0.2, 0.25) is 0 Å². The molecule has 0 radical (unpaired) electrons. The van der Waals surface area contributed by atoms with Crippen molar-refractivity contribution < 1.29 is 0 Å². The molecular formula is C12H24N2S. The molecule has 0 aromatic carbocycles. The predicted molar refractivity (Wildman–Crippen MR) is 70.1 cm³/mol. The van der Waals surface area contributed by atoms with Crippen LogP contribution in [0.25, 0.3) is 0 Å². The first-order valence-corrected chi connectivity index (χ1v) is 6.60. The van der Waals surface area contributed by atoms with E-state index in [0.29, 0.717) is 0 Å². The van der Waals surface area contributed by atoms with Crippen LogP contribution in [0, 0.1) is 5.92 Å². The maximum atomic E-state index is 5.42. The Labute approximate surface area is 99.4 Å². The lowest BCUT2D eigenvalue weighted by molar-refractivity contribution is 0.367. The van der Waals surface area contributed by atoms with Crippen LogP contribution < -0.4 is 5.32 Å². The van der Waals surface area contributed by atoms with Gasteiger partial charge in [0.2, 0.25) is 0 Å². The van der Waals surface area contributed by atoms with Crippen LogP contribution in [-0.2, 0) is 0 Å². The molecule has 1 aliphatic rings. The summed E-state index contributed by atoms with van der Waals surface area (Å²) >= 11 is 5.42. The average Bonchev–Trinajstić information content (AvgIpc) is 2.98. The number of nitrogens with one attached hydrogen (secondary N) is 1. The van der Waals surface area contributed by atoms with Gasteiger partial charge >= 0.3 is 0 Å². The Morgan fingerprint density at radius 3 is 2.60 bits per heavy atom. The van der Waals surface area contributed by atoms with Crippen molar-refractivity contribution in [3.05, 3.63) is 0 Å². The molecule has 0 unspecified atom stereocenters. The number of nitrogens with zero attached hydrogens (tertiary/aromatic N) is 1. The van der Waals surface area contributed by atoms with Crippen LogP contribution in [0.5, 0.6) is 0 Å². The standard InChI is InChI=1S/C12H24N2S/c1-4-8-13-12(15)14(11-5-6-11)9-7-10(2)3/h10-11H,4-9H2,1-3H3,(H,13,15). The molecule has 0 aromatic heterocycles. The molecule has 3 heteroatoms. The normalized spacial score (nSPS) is 15.5. The topological polar surface area (TPSA) is 15.3 Å². The number of hydrogen-bond acceptors (Lipinski definition) is 1. The van der Waals surface area contributed by atoms with E-state index in [2.05, 4.69) is 31.0 Å². The van der Waals surface area contributed by atoms with E-state index in [0.717, 1.165) is 36.6 Å². The fourth-order valence-electron chi connectivity index (χ4n) is 1.57. The summed E-state index contributed by atoms with van der Waals surface area (Å²) < 4.78 is 0. The Balaban J connectivity index is 2.32. The molecule has 0 heterocycles. The first kappa shape index (κ1) is 12.8. The van der Waals surface area contributed by atoms with E-state index in [9.17, 15) is 0 Å². The van der Waals surface area contributed by atoms with Gasteiger partial charge in [0.15, 0.2) is 5.11 Å². The third-order valence-corrected chi connectivity index (χ3v) is 3.10. The molecule has 1 saturated carbocycles. The Hall–Kier alpha value is -0.310. The first-order valence-electron chi connectivity index (χ1n) is 6.19. The van der Waals surface area contributed by atoms with E-state index in [1.807, 2.05) is 0 Å². The van der Waals surface area contributed by atoms with Crippen LogP contribution in [0.1, 0.15) is 46.5 Å². The Bertz CT molecular complexity index is 200. The third-order valence-electron chi connectivity index (χ3n) is 2.72. The van der Waals surface area contributed by atoms with Crippen molar-refractivity contribution in [2.45, 2.75) is 52.5 Å². The molecule has 1 N–H and O–H groups in total. The molecule has 0 aromatic rings. The predicted octanol–water partition coefficient (Wildman–Crippen LogP) is 2.78.